The van der Waals surface area contributed by atoms with Crippen LogP contribution >= 0.6 is 0 Å². The summed E-state index contributed by atoms with van der Waals surface area (Å²) in [6.07, 6.45) is 8.40. The van der Waals surface area contributed by atoms with E-state index in [1.807, 2.05) is 24.3 Å². The van der Waals surface area contributed by atoms with Gasteiger partial charge in [0.05, 0.1) is 19.1 Å². The fraction of sp³-hybridized carbons (Fsp3) is 0.400. The Morgan fingerprint density at radius 2 is 1.17 bits per heavy atom. The average molecular weight is 395 g/mol. The first kappa shape index (κ1) is 22.5. The Morgan fingerprint density at radius 1 is 0.690 bits per heavy atom. The quantitative estimate of drug-likeness (QED) is 0.197. The topological polar surface area (TPSA) is 60.4 Å². The maximum absolute atomic E-state index is 12.4. The number of ketones is 2. The Morgan fingerprint density at radius 3 is 1.72 bits per heavy atom. The molecular formula is C25H30O4. The van der Waals surface area contributed by atoms with E-state index in [1.54, 1.807) is 12.1 Å². The third kappa shape index (κ3) is 7.30. The Kier molecular flexibility index (Phi) is 9.29. The zero-order valence-electron chi connectivity index (χ0n) is 17.4. The van der Waals surface area contributed by atoms with Crippen LogP contribution in [0.1, 0.15) is 88.5 Å². The summed E-state index contributed by atoms with van der Waals surface area (Å²) in [5.41, 5.74) is 2.56. The number of rotatable bonds is 12. The second-order valence-corrected chi connectivity index (χ2v) is 7.31. The second-order valence-electron chi connectivity index (χ2n) is 7.31. The Balaban J connectivity index is 1.83. The molecule has 0 radical (unpaired) electrons. The first-order valence-electron chi connectivity index (χ1n) is 10.4. The molecule has 2 aromatic rings. The van der Waals surface area contributed by atoms with Gasteiger partial charge in [-0.15, -0.1) is 0 Å². The molecule has 0 saturated carbocycles. The van der Waals surface area contributed by atoms with E-state index in [9.17, 15) is 14.4 Å². The molecule has 29 heavy (non-hydrogen) atoms. The lowest BCUT2D eigenvalue weighted by atomic mass is 9.98. The van der Waals surface area contributed by atoms with E-state index in [0.717, 1.165) is 12.8 Å². The maximum Gasteiger partial charge on any atom is 0.337 e. The third-order valence-corrected chi connectivity index (χ3v) is 5.04. The molecule has 0 aliphatic carbocycles. The molecule has 0 aromatic heterocycles. The van der Waals surface area contributed by atoms with Gasteiger partial charge in [-0.1, -0.05) is 75.4 Å². The van der Waals surface area contributed by atoms with E-state index in [-0.39, 0.29) is 18.0 Å². The molecule has 0 fully saturated rings. The Labute approximate surface area is 173 Å². The van der Waals surface area contributed by atoms with Crippen molar-refractivity contribution in [3.05, 3.63) is 70.8 Å². The fourth-order valence-electron chi connectivity index (χ4n) is 3.23. The van der Waals surface area contributed by atoms with E-state index in [0.29, 0.717) is 16.7 Å². The van der Waals surface area contributed by atoms with Crippen LogP contribution in [-0.2, 0) is 11.2 Å². The van der Waals surface area contributed by atoms with Crippen molar-refractivity contribution in [2.75, 3.05) is 7.11 Å². The van der Waals surface area contributed by atoms with Crippen LogP contribution in [0.15, 0.2) is 48.5 Å². The van der Waals surface area contributed by atoms with Crippen molar-refractivity contribution in [2.24, 2.45) is 0 Å². The van der Waals surface area contributed by atoms with Crippen molar-refractivity contribution in [3.8, 4) is 0 Å². The molecule has 0 atom stereocenters. The van der Waals surface area contributed by atoms with E-state index in [1.165, 1.54) is 56.9 Å². The minimum atomic E-state index is -0.457. The molecule has 154 valence electrons. The van der Waals surface area contributed by atoms with E-state index in [2.05, 4.69) is 11.7 Å². The Hall–Kier alpha value is -2.75. The van der Waals surface area contributed by atoms with Crippen molar-refractivity contribution in [1.29, 1.82) is 0 Å². The lowest BCUT2D eigenvalue weighted by Crippen LogP contribution is -2.09. The van der Waals surface area contributed by atoms with Gasteiger partial charge in [0.1, 0.15) is 0 Å². The number of Topliss-reactive ketones (excluding diaryl/α,β-unsaturated/α-hetero) is 2. The van der Waals surface area contributed by atoms with Gasteiger partial charge in [0.25, 0.3) is 0 Å². The van der Waals surface area contributed by atoms with Gasteiger partial charge in [-0.3, -0.25) is 9.59 Å². The molecule has 2 rings (SSSR count). The normalized spacial score (nSPS) is 10.6. The third-order valence-electron chi connectivity index (χ3n) is 5.04. The smallest absolute Gasteiger partial charge is 0.337 e. The van der Waals surface area contributed by atoms with Gasteiger partial charge >= 0.3 is 5.97 Å². The number of hydrogen-bond donors (Lipinski definition) is 0. The number of esters is 1. The van der Waals surface area contributed by atoms with Crippen LogP contribution < -0.4 is 0 Å². The van der Waals surface area contributed by atoms with E-state index < -0.39 is 5.97 Å². The lowest BCUT2D eigenvalue weighted by Gasteiger charge is -2.05. The number of methoxy groups -OCH3 is 1. The average Bonchev–Trinajstić information content (AvgIpc) is 2.76. The number of ether oxygens (including phenoxy) is 1. The van der Waals surface area contributed by atoms with Gasteiger partial charge in [0.15, 0.2) is 11.6 Å². The molecule has 0 aliphatic rings. The van der Waals surface area contributed by atoms with Crippen molar-refractivity contribution >= 4 is 17.5 Å². The van der Waals surface area contributed by atoms with Crippen LogP contribution in [0.4, 0.5) is 0 Å². The summed E-state index contributed by atoms with van der Waals surface area (Å²) >= 11 is 0. The number of benzene rings is 2. The molecule has 0 N–H and O–H groups in total. The van der Waals surface area contributed by atoms with Crippen LogP contribution in [0.2, 0.25) is 0 Å². The predicted octanol–water partition coefficient (Wildman–Crippen LogP) is 5.83. The zero-order valence-corrected chi connectivity index (χ0v) is 17.4. The molecule has 0 amide bonds. The van der Waals surface area contributed by atoms with Crippen molar-refractivity contribution in [2.45, 2.75) is 58.3 Å². The highest BCUT2D eigenvalue weighted by Gasteiger charge is 2.14. The summed E-state index contributed by atoms with van der Waals surface area (Å²) in [6, 6.07) is 13.7. The molecule has 0 spiro atoms. The van der Waals surface area contributed by atoms with E-state index >= 15 is 0 Å². The van der Waals surface area contributed by atoms with Gasteiger partial charge in [-0.2, -0.15) is 0 Å². The van der Waals surface area contributed by atoms with Crippen LogP contribution in [0, 0.1) is 0 Å². The number of unbranched alkanes of at least 4 members (excludes halogenated alkanes) is 5. The summed E-state index contributed by atoms with van der Waals surface area (Å²) in [5, 5.41) is 0. The van der Waals surface area contributed by atoms with Crippen molar-refractivity contribution in [1.82, 2.24) is 0 Å². The molecular weight excluding hydrogens is 364 g/mol. The molecule has 0 aliphatic heterocycles. The highest BCUT2D eigenvalue weighted by atomic mass is 16.5. The summed E-state index contributed by atoms with van der Waals surface area (Å²) < 4.78 is 4.64. The molecule has 0 unspecified atom stereocenters. The lowest BCUT2D eigenvalue weighted by molar-refractivity contribution is 0.0600. The van der Waals surface area contributed by atoms with Gasteiger partial charge < -0.3 is 4.74 Å². The molecule has 0 heterocycles. The maximum atomic E-state index is 12.4. The molecule has 4 nitrogen and oxygen atoms in total. The standard InChI is InChI=1S/C25H30O4/c1-3-4-5-6-7-8-9-19-10-12-20(13-11-19)23(26)18-24(27)21-14-16-22(17-15-21)25(28)29-2/h10-17H,3-9,18H2,1-2H3. The van der Waals surface area contributed by atoms with Gasteiger partial charge in [-0.05, 0) is 30.5 Å². The number of carbonyl (C=O) groups excluding carboxylic acids is 3. The van der Waals surface area contributed by atoms with Gasteiger partial charge in [0.2, 0.25) is 0 Å². The first-order valence-corrected chi connectivity index (χ1v) is 10.4. The summed E-state index contributed by atoms with van der Waals surface area (Å²) in [6.45, 7) is 2.22. The van der Waals surface area contributed by atoms with Crippen LogP contribution in [0.25, 0.3) is 0 Å². The number of aryl methyl sites for hydroxylation is 1. The monoisotopic (exact) mass is 394 g/mol. The van der Waals surface area contributed by atoms with Crippen molar-refractivity contribution < 1.29 is 19.1 Å². The summed E-state index contributed by atoms with van der Waals surface area (Å²) in [4.78, 5) is 36.2. The van der Waals surface area contributed by atoms with Crippen LogP contribution in [0.5, 0.6) is 0 Å². The minimum Gasteiger partial charge on any atom is -0.465 e. The molecule has 4 heteroatoms. The van der Waals surface area contributed by atoms with Gasteiger partial charge in [0, 0.05) is 11.1 Å². The minimum absolute atomic E-state index is 0.186. The molecule has 0 saturated heterocycles. The number of carbonyl (C=O) groups is 3. The highest BCUT2D eigenvalue weighted by molar-refractivity contribution is 6.13. The molecule has 2 aromatic carbocycles. The summed E-state index contributed by atoms with van der Waals surface area (Å²) in [5.74, 6) is -0.915. The van der Waals surface area contributed by atoms with Crippen LogP contribution in [0.3, 0.4) is 0 Å². The SMILES string of the molecule is CCCCCCCCc1ccc(C(=O)CC(=O)c2ccc(C(=O)OC)cc2)cc1. The molecule has 0 bridgehead atoms. The highest BCUT2D eigenvalue weighted by Crippen LogP contribution is 2.14. The first-order chi connectivity index (χ1) is 14.0. The summed E-state index contributed by atoms with van der Waals surface area (Å²) in [7, 11) is 1.30. The zero-order chi connectivity index (χ0) is 21.1. The predicted molar refractivity (Wildman–Crippen MR) is 115 cm³/mol. The second kappa shape index (κ2) is 11.9. The van der Waals surface area contributed by atoms with Gasteiger partial charge in [-0.25, -0.2) is 4.79 Å². The Bertz CT molecular complexity index is 804. The van der Waals surface area contributed by atoms with Crippen molar-refractivity contribution in [3.63, 3.8) is 0 Å². The fourth-order valence-corrected chi connectivity index (χ4v) is 3.23. The number of hydrogen-bond acceptors (Lipinski definition) is 4. The van der Waals surface area contributed by atoms with Crippen LogP contribution in [-0.4, -0.2) is 24.6 Å². The van der Waals surface area contributed by atoms with E-state index in [4.69, 9.17) is 0 Å². The largest absolute Gasteiger partial charge is 0.465 e.